The fraction of sp³-hybridized carbons (Fsp3) is 0.200. The van der Waals surface area contributed by atoms with Crippen molar-refractivity contribution < 1.29 is 0 Å². The number of fused-ring (bicyclic) bond motifs is 2. The minimum absolute atomic E-state index is 0.207. The summed E-state index contributed by atoms with van der Waals surface area (Å²) in [4.78, 5) is 0. The molecule has 0 aliphatic carbocycles. The molecule has 0 aliphatic rings. The lowest BCUT2D eigenvalue weighted by Crippen LogP contribution is -1.98. The number of allylic oxidation sites excluding steroid dienone is 1. The third-order valence-corrected chi connectivity index (χ3v) is 3.54. The zero-order chi connectivity index (χ0) is 14.2. The second-order valence-electron chi connectivity index (χ2n) is 6.47. The highest BCUT2D eigenvalue weighted by Crippen LogP contribution is 2.27. The van der Waals surface area contributed by atoms with E-state index in [0.717, 1.165) is 0 Å². The Labute approximate surface area is 120 Å². The maximum Gasteiger partial charge on any atom is -0.0105 e. The topological polar surface area (TPSA) is 0 Å². The van der Waals surface area contributed by atoms with Crippen LogP contribution >= 0.6 is 0 Å². The van der Waals surface area contributed by atoms with Gasteiger partial charge in [0.15, 0.2) is 0 Å². The van der Waals surface area contributed by atoms with Crippen LogP contribution in [0.25, 0.3) is 27.6 Å². The molecule has 0 saturated carbocycles. The molecule has 0 aliphatic heterocycles. The molecule has 0 unspecified atom stereocenters. The highest BCUT2D eigenvalue weighted by atomic mass is 14.1. The normalized spacial score (nSPS) is 12.6. The van der Waals surface area contributed by atoms with Crippen molar-refractivity contribution in [2.45, 2.75) is 20.8 Å². The van der Waals surface area contributed by atoms with Crippen LogP contribution in [0.2, 0.25) is 0 Å². The molecule has 0 N–H and O–H groups in total. The van der Waals surface area contributed by atoms with E-state index < -0.39 is 0 Å². The number of benzene rings is 3. The average Bonchev–Trinajstić information content (AvgIpc) is 2.42. The molecular weight excluding hydrogens is 240 g/mol. The van der Waals surface area contributed by atoms with E-state index >= 15 is 0 Å². The van der Waals surface area contributed by atoms with Gasteiger partial charge in [-0.25, -0.2) is 0 Å². The lowest BCUT2D eigenvalue weighted by Gasteiger charge is -2.12. The second-order valence-corrected chi connectivity index (χ2v) is 6.47. The van der Waals surface area contributed by atoms with Crippen molar-refractivity contribution in [2.75, 3.05) is 0 Å². The zero-order valence-corrected chi connectivity index (χ0v) is 12.4. The van der Waals surface area contributed by atoms with E-state index in [1.807, 2.05) is 0 Å². The number of rotatable bonds is 1. The molecule has 0 aromatic heterocycles. The van der Waals surface area contributed by atoms with Crippen LogP contribution in [0.1, 0.15) is 26.3 Å². The highest BCUT2D eigenvalue weighted by molar-refractivity contribution is 6.01. The van der Waals surface area contributed by atoms with Gasteiger partial charge in [-0.1, -0.05) is 75.4 Å². The smallest absolute Gasteiger partial charge is 0.0105 e. The van der Waals surface area contributed by atoms with Crippen LogP contribution in [-0.4, -0.2) is 0 Å². The Bertz CT molecular complexity index is 786. The van der Waals surface area contributed by atoms with Gasteiger partial charge < -0.3 is 0 Å². The first kappa shape index (κ1) is 12.9. The van der Waals surface area contributed by atoms with E-state index in [2.05, 4.69) is 87.5 Å². The van der Waals surface area contributed by atoms with Crippen molar-refractivity contribution in [2.24, 2.45) is 5.41 Å². The van der Waals surface area contributed by atoms with Gasteiger partial charge in [0.1, 0.15) is 0 Å². The van der Waals surface area contributed by atoms with Crippen LogP contribution in [0.3, 0.4) is 0 Å². The van der Waals surface area contributed by atoms with Crippen LogP contribution in [0, 0.1) is 5.41 Å². The molecule has 0 nitrogen and oxygen atoms in total. The largest absolute Gasteiger partial charge is 0.0785 e. The monoisotopic (exact) mass is 260 g/mol. The summed E-state index contributed by atoms with van der Waals surface area (Å²) in [6, 6.07) is 19.6. The van der Waals surface area contributed by atoms with E-state index in [1.165, 1.54) is 27.1 Å². The predicted molar refractivity (Wildman–Crippen MR) is 89.9 cm³/mol. The molecule has 0 bridgehead atoms. The summed E-state index contributed by atoms with van der Waals surface area (Å²) in [5, 5.41) is 5.24. The summed E-state index contributed by atoms with van der Waals surface area (Å²) >= 11 is 0. The van der Waals surface area contributed by atoms with Crippen molar-refractivity contribution in [3.8, 4) is 0 Å². The summed E-state index contributed by atoms with van der Waals surface area (Å²) in [7, 11) is 0. The highest BCUT2D eigenvalue weighted by Gasteiger charge is 2.05. The van der Waals surface area contributed by atoms with E-state index in [1.54, 1.807) is 0 Å². The summed E-state index contributed by atoms with van der Waals surface area (Å²) in [6.07, 6.45) is 4.52. The SMILES string of the molecule is CC(C)(C)C=Cc1cccc2cc3ccccc3cc12. The van der Waals surface area contributed by atoms with Gasteiger partial charge in [0.2, 0.25) is 0 Å². The Kier molecular flexibility index (Phi) is 3.10. The molecule has 3 aromatic carbocycles. The summed E-state index contributed by atoms with van der Waals surface area (Å²) in [6.45, 7) is 6.68. The molecule has 100 valence electrons. The third kappa shape index (κ3) is 2.60. The first-order valence-corrected chi connectivity index (χ1v) is 7.14. The van der Waals surface area contributed by atoms with Crippen molar-refractivity contribution in [3.05, 3.63) is 66.2 Å². The third-order valence-electron chi connectivity index (χ3n) is 3.54. The lowest BCUT2D eigenvalue weighted by molar-refractivity contribution is 0.547. The van der Waals surface area contributed by atoms with Gasteiger partial charge in [-0.3, -0.25) is 0 Å². The van der Waals surface area contributed by atoms with Crippen LogP contribution < -0.4 is 0 Å². The summed E-state index contributed by atoms with van der Waals surface area (Å²) < 4.78 is 0. The lowest BCUT2D eigenvalue weighted by atomic mass is 9.93. The average molecular weight is 260 g/mol. The minimum Gasteiger partial charge on any atom is -0.0785 e. The first-order valence-electron chi connectivity index (χ1n) is 7.14. The molecule has 0 heterocycles. The number of hydrogen-bond donors (Lipinski definition) is 0. The molecule has 0 saturated heterocycles. The Balaban J connectivity index is 2.23. The maximum atomic E-state index is 2.30. The van der Waals surface area contributed by atoms with Gasteiger partial charge >= 0.3 is 0 Å². The zero-order valence-electron chi connectivity index (χ0n) is 12.4. The molecule has 0 atom stereocenters. The molecular formula is C20H20. The molecule has 3 aromatic rings. The summed E-state index contributed by atoms with van der Waals surface area (Å²) in [5.41, 5.74) is 1.50. The molecule has 0 amide bonds. The molecule has 0 heteroatoms. The quantitative estimate of drug-likeness (QED) is 0.467. The second kappa shape index (κ2) is 4.79. The molecule has 20 heavy (non-hydrogen) atoms. The van der Waals surface area contributed by atoms with E-state index in [0.29, 0.717) is 0 Å². The minimum atomic E-state index is 0.207. The Morgan fingerprint density at radius 1 is 0.750 bits per heavy atom. The van der Waals surface area contributed by atoms with Gasteiger partial charge in [-0.15, -0.1) is 0 Å². The molecule has 0 radical (unpaired) electrons. The van der Waals surface area contributed by atoms with Crippen LogP contribution in [0.5, 0.6) is 0 Å². The van der Waals surface area contributed by atoms with E-state index in [4.69, 9.17) is 0 Å². The fourth-order valence-corrected chi connectivity index (χ4v) is 2.48. The van der Waals surface area contributed by atoms with Crippen molar-refractivity contribution >= 4 is 27.6 Å². The molecule has 0 spiro atoms. The molecule has 0 fully saturated rings. The van der Waals surface area contributed by atoms with Crippen molar-refractivity contribution in [1.29, 1.82) is 0 Å². The maximum absolute atomic E-state index is 2.30. The van der Waals surface area contributed by atoms with Gasteiger partial charge in [-0.2, -0.15) is 0 Å². The fourth-order valence-electron chi connectivity index (χ4n) is 2.48. The van der Waals surface area contributed by atoms with Gasteiger partial charge in [-0.05, 0) is 44.7 Å². The van der Waals surface area contributed by atoms with E-state index in [-0.39, 0.29) is 5.41 Å². The Morgan fingerprint density at radius 2 is 1.40 bits per heavy atom. The predicted octanol–water partition coefficient (Wildman–Crippen LogP) is 6.05. The number of hydrogen-bond acceptors (Lipinski definition) is 0. The standard InChI is InChI=1S/C20H20/c1-20(2,3)12-11-15-9-6-10-18-13-16-7-4-5-8-17(16)14-19(15)18/h4-14H,1-3H3. The van der Waals surface area contributed by atoms with Gasteiger partial charge in [0.05, 0.1) is 0 Å². The van der Waals surface area contributed by atoms with Crippen LogP contribution in [-0.2, 0) is 0 Å². The van der Waals surface area contributed by atoms with Gasteiger partial charge in [0, 0.05) is 0 Å². The molecule has 3 rings (SSSR count). The summed E-state index contributed by atoms with van der Waals surface area (Å²) in [5.74, 6) is 0. The first-order chi connectivity index (χ1) is 9.53. The Morgan fingerprint density at radius 3 is 2.10 bits per heavy atom. The van der Waals surface area contributed by atoms with Crippen LogP contribution in [0.4, 0.5) is 0 Å². The van der Waals surface area contributed by atoms with Crippen molar-refractivity contribution in [3.63, 3.8) is 0 Å². The van der Waals surface area contributed by atoms with Gasteiger partial charge in [0.25, 0.3) is 0 Å². The Hall–Kier alpha value is -2.08. The van der Waals surface area contributed by atoms with Crippen LogP contribution in [0.15, 0.2) is 60.7 Å². The van der Waals surface area contributed by atoms with E-state index in [9.17, 15) is 0 Å². The van der Waals surface area contributed by atoms with Crippen molar-refractivity contribution in [1.82, 2.24) is 0 Å².